The first-order valence-electron chi connectivity index (χ1n) is 4.28. The average Bonchev–Trinajstić information content (AvgIpc) is 2.52. The van der Waals surface area contributed by atoms with Crippen molar-refractivity contribution in [1.82, 2.24) is 0 Å². The SMILES string of the molecule is NCC1(C2CCOC2)CC1(F)F. The number of ether oxygens (including phenoxy) is 1. The van der Waals surface area contributed by atoms with Gasteiger partial charge in [-0.25, -0.2) is 8.78 Å². The van der Waals surface area contributed by atoms with E-state index in [4.69, 9.17) is 10.5 Å². The Hall–Kier alpha value is -0.220. The van der Waals surface area contributed by atoms with E-state index < -0.39 is 11.3 Å². The van der Waals surface area contributed by atoms with Gasteiger partial charge < -0.3 is 10.5 Å². The summed E-state index contributed by atoms with van der Waals surface area (Å²) in [7, 11) is 0. The zero-order valence-corrected chi connectivity index (χ0v) is 6.85. The van der Waals surface area contributed by atoms with E-state index in [0.717, 1.165) is 6.42 Å². The number of hydrogen-bond acceptors (Lipinski definition) is 2. The predicted molar refractivity (Wildman–Crippen MR) is 40.0 cm³/mol. The minimum Gasteiger partial charge on any atom is -0.381 e. The molecule has 1 aliphatic carbocycles. The van der Waals surface area contributed by atoms with Crippen LogP contribution < -0.4 is 5.73 Å². The Morgan fingerprint density at radius 3 is 2.50 bits per heavy atom. The largest absolute Gasteiger partial charge is 0.381 e. The standard InChI is InChI=1S/C8H13F2NO/c9-8(10)4-7(8,5-11)6-1-2-12-3-6/h6H,1-5,11H2. The van der Waals surface area contributed by atoms with Crippen LogP contribution in [0.3, 0.4) is 0 Å². The molecule has 2 aliphatic rings. The van der Waals surface area contributed by atoms with Crippen LogP contribution in [0.5, 0.6) is 0 Å². The number of rotatable bonds is 2. The van der Waals surface area contributed by atoms with E-state index in [1.165, 1.54) is 0 Å². The van der Waals surface area contributed by atoms with Crippen LogP contribution in [0.25, 0.3) is 0 Å². The number of halogens is 2. The maximum Gasteiger partial charge on any atom is 0.256 e. The lowest BCUT2D eigenvalue weighted by Gasteiger charge is -2.19. The van der Waals surface area contributed by atoms with E-state index in [1.54, 1.807) is 0 Å². The molecular weight excluding hydrogens is 164 g/mol. The summed E-state index contributed by atoms with van der Waals surface area (Å²) in [5, 5.41) is 0. The Balaban J connectivity index is 2.09. The van der Waals surface area contributed by atoms with Crippen LogP contribution in [-0.2, 0) is 4.74 Å². The van der Waals surface area contributed by atoms with Gasteiger partial charge in [-0.3, -0.25) is 0 Å². The van der Waals surface area contributed by atoms with Crippen molar-refractivity contribution < 1.29 is 13.5 Å². The van der Waals surface area contributed by atoms with Gasteiger partial charge in [0, 0.05) is 19.6 Å². The Bertz CT molecular complexity index is 191. The van der Waals surface area contributed by atoms with Crippen LogP contribution in [0.4, 0.5) is 8.78 Å². The average molecular weight is 177 g/mol. The molecule has 1 saturated carbocycles. The van der Waals surface area contributed by atoms with Crippen molar-refractivity contribution in [1.29, 1.82) is 0 Å². The highest BCUT2D eigenvalue weighted by Crippen LogP contribution is 2.65. The molecule has 2 unspecified atom stereocenters. The fraction of sp³-hybridized carbons (Fsp3) is 1.00. The Kier molecular flexibility index (Phi) is 1.67. The zero-order chi connectivity index (χ0) is 8.82. The van der Waals surface area contributed by atoms with Gasteiger partial charge in [-0.2, -0.15) is 0 Å². The smallest absolute Gasteiger partial charge is 0.256 e. The minimum absolute atomic E-state index is 0.0162. The second kappa shape index (κ2) is 2.39. The summed E-state index contributed by atoms with van der Waals surface area (Å²) in [6.45, 7) is 1.17. The van der Waals surface area contributed by atoms with Crippen LogP contribution in [-0.4, -0.2) is 25.7 Å². The predicted octanol–water partition coefficient (Wildman–Crippen LogP) is 1.01. The third-order valence-electron chi connectivity index (χ3n) is 3.22. The number of nitrogens with two attached hydrogens (primary N) is 1. The molecule has 0 aromatic rings. The molecule has 1 heterocycles. The summed E-state index contributed by atoms with van der Waals surface area (Å²) in [6, 6.07) is 0. The quantitative estimate of drug-likeness (QED) is 0.683. The Labute approximate surface area is 70.1 Å². The van der Waals surface area contributed by atoms with E-state index in [2.05, 4.69) is 0 Å². The van der Waals surface area contributed by atoms with Gasteiger partial charge in [-0.05, 0) is 12.3 Å². The van der Waals surface area contributed by atoms with E-state index in [-0.39, 0.29) is 18.9 Å². The zero-order valence-electron chi connectivity index (χ0n) is 6.85. The molecular formula is C8H13F2NO. The van der Waals surface area contributed by atoms with Crippen LogP contribution in [0.1, 0.15) is 12.8 Å². The molecule has 70 valence electrons. The summed E-state index contributed by atoms with van der Waals surface area (Å²) < 4.78 is 31.0. The lowest BCUT2D eigenvalue weighted by molar-refractivity contribution is 0.0377. The van der Waals surface area contributed by atoms with Crippen molar-refractivity contribution in [3.8, 4) is 0 Å². The monoisotopic (exact) mass is 177 g/mol. The molecule has 0 bridgehead atoms. The topological polar surface area (TPSA) is 35.2 Å². The van der Waals surface area contributed by atoms with Crippen molar-refractivity contribution in [2.24, 2.45) is 17.1 Å². The molecule has 12 heavy (non-hydrogen) atoms. The van der Waals surface area contributed by atoms with Gasteiger partial charge >= 0.3 is 0 Å². The van der Waals surface area contributed by atoms with Gasteiger partial charge in [0.05, 0.1) is 12.0 Å². The molecule has 2 fully saturated rings. The highest BCUT2D eigenvalue weighted by molar-refractivity contribution is 5.14. The number of hydrogen-bond donors (Lipinski definition) is 1. The van der Waals surface area contributed by atoms with E-state index >= 15 is 0 Å². The summed E-state index contributed by atoms with van der Waals surface area (Å²) in [6.07, 6.45) is 0.706. The van der Waals surface area contributed by atoms with E-state index in [1.807, 2.05) is 0 Å². The molecule has 2 nitrogen and oxygen atoms in total. The van der Waals surface area contributed by atoms with Crippen molar-refractivity contribution >= 4 is 0 Å². The first-order valence-corrected chi connectivity index (χ1v) is 4.28. The van der Waals surface area contributed by atoms with Gasteiger partial charge in [0.15, 0.2) is 0 Å². The van der Waals surface area contributed by atoms with Crippen LogP contribution in [0, 0.1) is 11.3 Å². The normalized spacial score (nSPS) is 44.8. The first-order chi connectivity index (χ1) is 5.62. The number of alkyl halides is 2. The molecule has 0 radical (unpaired) electrons. The molecule has 2 N–H and O–H groups in total. The minimum atomic E-state index is -2.53. The first kappa shape index (κ1) is 8.38. The maximum atomic E-state index is 13.0. The molecule has 1 saturated heterocycles. The Morgan fingerprint density at radius 2 is 2.17 bits per heavy atom. The summed E-state index contributed by atoms with van der Waals surface area (Å²) >= 11 is 0. The summed E-state index contributed by atoms with van der Waals surface area (Å²) in [5.41, 5.74) is 4.48. The van der Waals surface area contributed by atoms with Gasteiger partial charge in [-0.15, -0.1) is 0 Å². The maximum absolute atomic E-state index is 13.0. The molecule has 0 spiro atoms. The third kappa shape index (κ3) is 0.910. The van der Waals surface area contributed by atoms with Crippen molar-refractivity contribution in [3.05, 3.63) is 0 Å². The summed E-state index contributed by atoms with van der Waals surface area (Å²) in [5.74, 6) is -2.54. The molecule has 2 atom stereocenters. The van der Waals surface area contributed by atoms with E-state index in [9.17, 15) is 8.78 Å². The lowest BCUT2D eigenvalue weighted by atomic mass is 9.88. The molecule has 4 heteroatoms. The van der Waals surface area contributed by atoms with Crippen molar-refractivity contribution in [2.45, 2.75) is 18.8 Å². The van der Waals surface area contributed by atoms with Gasteiger partial charge in [0.1, 0.15) is 0 Å². The van der Waals surface area contributed by atoms with Gasteiger partial charge in [0.2, 0.25) is 0 Å². The van der Waals surface area contributed by atoms with Crippen molar-refractivity contribution in [2.75, 3.05) is 19.8 Å². The Morgan fingerprint density at radius 1 is 1.50 bits per heavy atom. The third-order valence-corrected chi connectivity index (χ3v) is 3.22. The van der Waals surface area contributed by atoms with Crippen molar-refractivity contribution in [3.63, 3.8) is 0 Å². The van der Waals surface area contributed by atoms with Crippen LogP contribution >= 0.6 is 0 Å². The molecule has 0 amide bonds. The fourth-order valence-corrected chi connectivity index (χ4v) is 2.15. The van der Waals surface area contributed by atoms with Gasteiger partial charge in [-0.1, -0.05) is 0 Å². The lowest BCUT2D eigenvalue weighted by Crippen LogP contribution is -2.31. The molecule has 1 aliphatic heterocycles. The van der Waals surface area contributed by atoms with Crippen LogP contribution in [0.2, 0.25) is 0 Å². The second-order valence-corrected chi connectivity index (χ2v) is 3.80. The molecule has 0 aromatic carbocycles. The molecule has 0 aromatic heterocycles. The highest BCUT2D eigenvalue weighted by Gasteiger charge is 2.73. The van der Waals surface area contributed by atoms with Gasteiger partial charge in [0.25, 0.3) is 5.92 Å². The molecule has 2 rings (SSSR count). The van der Waals surface area contributed by atoms with E-state index in [0.29, 0.717) is 13.2 Å². The highest BCUT2D eigenvalue weighted by atomic mass is 19.3. The second-order valence-electron chi connectivity index (χ2n) is 3.80. The summed E-state index contributed by atoms with van der Waals surface area (Å²) in [4.78, 5) is 0. The van der Waals surface area contributed by atoms with Crippen LogP contribution in [0.15, 0.2) is 0 Å². The fourth-order valence-electron chi connectivity index (χ4n) is 2.15.